The van der Waals surface area contributed by atoms with Crippen molar-refractivity contribution in [1.82, 2.24) is 0 Å². The van der Waals surface area contributed by atoms with Crippen molar-refractivity contribution in [2.75, 3.05) is 0 Å². The van der Waals surface area contributed by atoms with Crippen LogP contribution in [0.4, 0.5) is 0 Å². The van der Waals surface area contributed by atoms with Crippen molar-refractivity contribution in [2.24, 2.45) is 23.2 Å². The maximum absolute atomic E-state index is 2.58. The van der Waals surface area contributed by atoms with Gasteiger partial charge in [0.1, 0.15) is 0 Å². The third-order valence-corrected chi connectivity index (χ3v) is 2.83. The molecule has 0 spiro atoms. The maximum Gasteiger partial charge on any atom is 0.187 e. The minimum absolute atomic E-state index is 0. The normalized spacial score (nSPS) is 12.4. The molecule has 0 N–H and O–H groups in total. The van der Waals surface area contributed by atoms with Crippen molar-refractivity contribution < 1.29 is 0 Å². The van der Waals surface area contributed by atoms with Crippen molar-refractivity contribution in [3.8, 4) is 0 Å². The quantitative estimate of drug-likeness (QED) is 0.587. The lowest BCUT2D eigenvalue weighted by Gasteiger charge is -2.33. The second-order valence-electron chi connectivity index (χ2n) is 6.68. The summed E-state index contributed by atoms with van der Waals surface area (Å²) in [5.74, 6) is 2.40. The van der Waals surface area contributed by atoms with E-state index >= 15 is 0 Å². The van der Waals surface area contributed by atoms with Crippen LogP contribution in [0.1, 0.15) is 67.7 Å². The van der Waals surface area contributed by atoms with Crippen LogP contribution in [0.25, 0.3) is 0 Å². The highest BCUT2D eigenvalue weighted by molar-refractivity contribution is 5.75. The molecule has 1 heteroatoms. The Labute approximate surface area is 115 Å². The smallest absolute Gasteiger partial charge is 0.0628 e. The second-order valence-corrected chi connectivity index (χ2v) is 6.68. The van der Waals surface area contributed by atoms with Crippen LogP contribution >= 0.6 is 0 Å². The summed E-state index contributed by atoms with van der Waals surface area (Å²) in [4.78, 5) is 0. The van der Waals surface area contributed by atoms with Gasteiger partial charge < -0.3 is 0 Å². The summed E-state index contributed by atoms with van der Waals surface area (Å²) in [5, 5.41) is 0. The molecule has 0 saturated carbocycles. The minimum atomic E-state index is 0. The first kappa shape index (κ1) is 18.9. The molecule has 0 aliphatic rings. The lowest BCUT2D eigenvalue weighted by atomic mass is 9.72. The summed E-state index contributed by atoms with van der Waals surface area (Å²) in [6.07, 6.45) is 6.50. The van der Waals surface area contributed by atoms with Gasteiger partial charge in [0.25, 0.3) is 0 Å². The first-order valence-electron chi connectivity index (χ1n) is 6.59. The molecular formula is C15H34Al. The topological polar surface area (TPSA) is 0 Å². The van der Waals surface area contributed by atoms with Crippen LogP contribution < -0.4 is 0 Å². The third-order valence-electron chi connectivity index (χ3n) is 2.83. The highest BCUT2D eigenvalue weighted by Gasteiger charge is 2.26. The lowest BCUT2D eigenvalue weighted by Crippen LogP contribution is -2.22. The van der Waals surface area contributed by atoms with Crippen molar-refractivity contribution in [3.05, 3.63) is 6.42 Å². The summed E-state index contributed by atoms with van der Waals surface area (Å²) in [6, 6.07) is 0. The molecule has 0 amide bonds. The molecule has 0 aromatic heterocycles. The van der Waals surface area contributed by atoms with E-state index in [1.165, 1.54) is 19.3 Å². The van der Waals surface area contributed by atoms with E-state index in [1.54, 1.807) is 0 Å². The van der Waals surface area contributed by atoms with E-state index in [9.17, 15) is 0 Å². The van der Waals surface area contributed by atoms with Gasteiger partial charge in [-0.1, -0.05) is 48.5 Å². The molecule has 0 rings (SSSR count). The molecule has 0 atom stereocenters. The third kappa shape index (κ3) is 9.74. The van der Waals surface area contributed by atoms with Gasteiger partial charge in [0.05, 0.1) is 0 Å². The van der Waals surface area contributed by atoms with E-state index in [0.29, 0.717) is 5.41 Å². The molecule has 16 heavy (non-hydrogen) atoms. The molecule has 0 saturated heterocycles. The highest BCUT2D eigenvalue weighted by Crippen LogP contribution is 2.37. The van der Waals surface area contributed by atoms with Crippen LogP contribution in [0.15, 0.2) is 0 Å². The van der Waals surface area contributed by atoms with Gasteiger partial charge in [-0.15, -0.1) is 0 Å². The van der Waals surface area contributed by atoms with E-state index in [4.69, 9.17) is 0 Å². The maximum atomic E-state index is 2.58. The van der Waals surface area contributed by atoms with Crippen LogP contribution in [0.2, 0.25) is 0 Å². The van der Waals surface area contributed by atoms with Gasteiger partial charge in [-0.05, 0) is 48.9 Å². The molecule has 0 bridgehead atoms. The van der Waals surface area contributed by atoms with E-state index in [2.05, 4.69) is 54.9 Å². The fourth-order valence-corrected chi connectivity index (χ4v) is 2.64. The summed E-state index contributed by atoms with van der Waals surface area (Å²) in [6.45, 7) is 16.4. The van der Waals surface area contributed by atoms with E-state index in [-0.39, 0.29) is 17.4 Å². The Morgan fingerprint density at radius 2 is 1.19 bits per heavy atom. The molecule has 0 aliphatic carbocycles. The zero-order chi connectivity index (χ0) is 12.1. The molecule has 1 radical (unpaired) electrons. The first-order chi connectivity index (χ1) is 6.75. The van der Waals surface area contributed by atoms with E-state index < -0.39 is 0 Å². The largest absolute Gasteiger partial charge is 0.187 e. The van der Waals surface area contributed by atoms with Gasteiger partial charge in [-0.2, -0.15) is 0 Å². The molecule has 0 aromatic rings. The summed E-state index contributed by atoms with van der Waals surface area (Å²) in [5.41, 5.74) is 0.451. The van der Waals surface area contributed by atoms with Crippen LogP contribution in [0.5, 0.6) is 0 Å². The SMILES string of the molecule is CC(C)C[CH]C(C)(CC(C)C)CC(C)C.[AlH3]. The Morgan fingerprint density at radius 3 is 1.44 bits per heavy atom. The number of rotatable bonds is 7. The first-order valence-corrected chi connectivity index (χ1v) is 6.59. The van der Waals surface area contributed by atoms with Crippen LogP contribution in [0, 0.1) is 29.6 Å². The second kappa shape index (κ2) is 8.60. The molecule has 97 valence electrons. The molecule has 0 fully saturated rings. The fraction of sp³-hybridized carbons (Fsp3) is 0.933. The van der Waals surface area contributed by atoms with Crippen molar-refractivity contribution >= 4 is 17.4 Å². The van der Waals surface area contributed by atoms with Gasteiger partial charge >= 0.3 is 0 Å². The molecule has 0 nitrogen and oxygen atoms in total. The minimum Gasteiger partial charge on any atom is -0.0628 e. The van der Waals surface area contributed by atoms with Crippen LogP contribution in [0.3, 0.4) is 0 Å². The number of hydrogen-bond donors (Lipinski definition) is 0. The zero-order valence-corrected chi connectivity index (χ0v) is 11.9. The van der Waals surface area contributed by atoms with Gasteiger partial charge in [0.15, 0.2) is 17.4 Å². The zero-order valence-electron chi connectivity index (χ0n) is 11.9. The average molecular weight is 241 g/mol. The van der Waals surface area contributed by atoms with Crippen LogP contribution in [-0.2, 0) is 0 Å². The Kier molecular flexibility index (Phi) is 10.1. The Balaban J connectivity index is 0. The van der Waals surface area contributed by atoms with Gasteiger partial charge in [-0.3, -0.25) is 0 Å². The van der Waals surface area contributed by atoms with Gasteiger partial charge in [-0.25, -0.2) is 0 Å². The van der Waals surface area contributed by atoms with Crippen LogP contribution in [-0.4, -0.2) is 17.4 Å². The van der Waals surface area contributed by atoms with Crippen molar-refractivity contribution in [3.63, 3.8) is 0 Å². The van der Waals surface area contributed by atoms with Gasteiger partial charge in [0, 0.05) is 0 Å². The van der Waals surface area contributed by atoms with Gasteiger partial charge in [0.2, 0.25) is 0 Å². The number of hydrogen-bond acceptors (Lipinski definition) is 0. The molecule has 0 aromatic carbocycles. The highest BCUT2D eigenvalue weighted by atomic mass is 27.0. The predicted molar refractivity (Wildman–Crippen MR) is 80.7 cm³/mol. The predicted octanol–water partition coefficient (Wildman–Crippen LogP) is 4.15. The standard InChI is InChI=1S/C15H31.Al.3H/c1-12(2)8-9-15(7,10-13(3)4)11-14(5)6;;;;/h9,12-14H,8,10-11H2,1-7H3;;;;. The van der Waals surface area contributed by atoms with E-state index in [1.807, 2.05) is 0 Å². The monoisotopic (exact) mass is 241 g/mol. The molecule has 0 aliphatic heterocycles. The Bertz CT molecular complexity index is 149. The fourth-order valence-electron chi connectivity index (χ4n) is 2.64. The lowest BCUT2D eigenvalue weighted by molar-refractivity contribution is 0.238. The van der Waals surface area contributed by atoms with E-state index in [0.717, 1.165) is 17.8 Å². The summed E-state index contributed by atoms with van der Waals surface area (Å²) >= 11 is 0. The average Bonchev–Trinajstić information content (AvgIpc) is 1.97. The molecule has 0 heterocycles. The van der Waals surface area contributed by atoms with Crippen molar-refractivity contribution in [1.29, 1.82) is 0 Å². The molecule has 0 unspecified atom stereocenters. The molecular weight excluding hydrogens is 207 g/mol. The Hall–Kier alpha value is 0.532. The summed E-state index contributed by atoms with van der Waals surface area (Å²) in [7, 11) is 0. The Morgan fingerprint density at radius 1 is 0.812 bits per heavy atom. The van der Waals surface area contributed by atoms with Crippen molar-refractivity contribution in [2.45, 2.75) is 67.7 Å². The summed E-state index contributed by atoms with van der Waals surface area (Å²) < 4.78 is 0.